The van der Waals surface area contributed by atoms with Crippen LogP contribution in [0.25, 0.3) is 0 Å². The molecule has 176 valence electrons. The fourth-order valence-electron chi connectivity index (χ4n) is 3.22. The van der Waals surface area contributed by atoms with Crippen molar-refractivity contribution in [2.24, 2.45) is 0 Å². The molecule has 0 saturated carbocycles. The predicted octanol–water partition coefficient (Wildman–Crippen LogP) is 3.39. The third-order valence-corrected chi connectivity index (χ3v) is 4.97. The molecule has 10 heteroatoms. The van der Waals surface area contributed by atoms with Gasteiger partial charge in [-0.25, -0.2) is 4.39 Å². The number of anilines is 1. The molecular formula is C24H24FN5O4. The Labute approximate surface area is 195 Å². The number of nitrogens with zero attached hydrogens (tertiary/aromatic N) is 2. The summed E-state index contributed by atoms with van der Waals surface area (Å²) in [6.07, 6.45) is 1.73. The largest absolute Gasteiger partial charge is 0.371 e. The molecule has 1 unspecified atom stereocenters. The highest BCUT2D eigenvalue weighted by Crippen LogP contribution is 2.28. The number of nitrogens with one attached hydrogen (secondary N) is 3. The standard InChI is InChI=1S/C24H24FN5O4/c1-16(20-4-2-3-11-26-20)29-21-10-7-18(15-22(21)30(33)34)24(32)28-13-12-27-23(31)14-17-5-8-19(25)9-6-17/h2-11,15-16,29H,12-14H2,1H3,(H,27,31)(H,28,32). The van der Waals surface area contributed by atoms with E-state index in [0.29, 0.717) is 5.56 Å². The van der Waals surface area contributed by atoms with Gasteiger partial charge in [-0.2, -0.15) is 0 Å². The average molecular weight is 465 g/mol. The van der Waals surface area contributed by atoms with E-state index < -0.39 is 10.8 Å². The summed E-state index contributed by atoms with van der Waals surface area (Å²) in [5.74, 6) is -1.15. The Morgan fingerprint density at radius 1 is 1.06 bits per heavy atom. The Morgan fingerprint density at radius 2 is 1.79 bits per heavy atom. The maximum Gasteiger partial charge on any atom is 0.293 e. The van der Waals surface area contributed by atoms with Crippen LogP contribution in [0.5, 0.6) is 0 Å². The van der Waals surface area contributed by atoms with E-state index in [1.54, 1.807) is 12.3 Å². The zero-order valence-corrected chi connectivity index (χ0v) is 18.5. The van der Waals surface area contributed by atoms with Crippen LogP contribution in [0.2, 0.25) is 0 Å². The van der Waals surface area contributed by atoms with Crippen molar-refractivity contribution in [3.05, 3.63) is 99.6 Å². The molecule has 1 atom stereocenters. The zero-order valence-electron chi connectivity index (χ0n) is 18.5. The third-order valence-electron chi connectivity index (χ3n) is 4.97. The molecule has 0 saturated heterocycles. The quantitative estimate of drug-likeness (QED) is 0.239. The zero-order chi connectivity index (χ0) is 24.5. The van der Waals surface area contributed by atoms with Gasteiger partial charge in [0, 0.05) is 30.9 Å². The number of aromatic nitrogens is 1. The van der Waals surface area contributed by atoms with Gasteiger partial charge in [0.15, 0.2) is 0 Å². The van der Waals surface area contributed by atoms with Gasteiger partial charge in [-0.15, -0.1) is 0 Å². The number of amides is 2. The summed E-state index contributed by atoms with van der Waals surface area (Å²) in [5, 5.41) is 19.9. The first-order valence-electron chi connectivity index (χ1n) is 10.6. The molecule has 0 bridgehead atoms. The molecule has 3 rings (SSSR count). The van der Waals surface area contributed by atoms with E-state index in [2.05, 4.69) is 20.9 Å². The van der Waals surface area contributed by atoms with Crippen LogP contribution in [0.4, 0.5) is 15.8 Å². The molecule has 9 nitrogen and oxygen atoms in total. The Balaban J connectivity index is 1.53. The van der Waals surface area contributed by atoms with Gasteiger partial charge in [0.25, 0.3) is 11.6 Å². The first-order valence-corrected chi connectivity index (χ1v) is 10.6. The van der Waals surface area contributed by atoms with Crippen molar-refractivity contribution < 1.29 is 18.9 Å². The van der Waals surface area contributed by atoms with Crippen molar-refractivity contribution in [1.29, 1.82) is 0 Å². The molecule has 2 amide bonds. The highest BCUT2D eigenvalue weighted by atomic mass is 19.1. The lowest BCUT2D eigenvalue weighted by molar-refractivity contribution is -0.384. The van der Waals surface area contributed by atoms with Crippen molar-refractivity contribution >= 4 is 23.2 Å². The van der Waals surface area contributed by atoms with Gasteiger partial charge in [0.1, 0.15) is 11.5 Å². The van der Waals surface area contributed by atoms with Gasteiger partial charge >= 0.3 is 0 Å². The van der Waals surface area contributed by atoms with E-state index in [9.17, 15) is 24.1 Å². The topological polar surface area (TPSA) is 126 Å². The van der Waals surface area contributed by atoms with Gasteiger partial charge < -0.3 is 16.0 Å². The summed E-state index contributed by atoms with van der Waals surface area (Å²) >= 11 is 0. The minimum absolute atomic E-state index is 0.0891. The summed E-state index contributed by atoms with van der Waals surface area (Å²) in [5.41, 5.74) is 1.55. The Kier molecular flexibility index (Phi) is 8.22. The number of pyridine rings is 1. The molecule has 34 heavy (non-hydrogen) atoms. The normalized spacial score (nSPS) is 11.4. The number of halogens is 1. The highest BCUT2D eigenvalue weighted by molar-refractivity contribution is 5.95. The molecule has 0 fully saturated rings. The third kappa shape index (κ3) is 6.83. The van der Waals surface area contributed by atoms with Gasteiger partial charge in [-0.05, 0) is 48.9 Å². The fraction of sp³-hybridized carbons (Fsp3) is 0.208. The summed E-state index contributed by atoms with van der Waals surface area (Å²) < 4.78 is 12.9. The second-order valence-electron chi connectivity index (χ2n) is 7.52. The van der Waals surface area contributed by atoms with Gasteiger partial charge in [-0.3, -0.25) is 24.7 Å². The smallest absolute Gasteiger partial charge is 0.293 e. The predicted molar refractivity (Wildman–Crippen MR) is 125 cm³/mol. The Morgan fingerprint density at radius 3 is 2.47 bits per heavy atom. The molecule has 0 aliphatic heterocycles. The molecule has 0 aliphatic rings. The minimum atomic E-state index is -0.556. The van der Waals surface area contributed by atoms with E-state index in [1.165, 1.54) is 42.5 Å². The van der Waals surface area contributed by atoms with Crippen LogP contribution in [-0.2, 0) is 11.2 Å². The number of carbonyl (C=O) groups is 2. The van der Waals surface area contributed by atoms with E-state index in [1.807, 2.05) is 19.1 Å². The van der Waals surface area contributed by atoms with Gasteiger partial charge in [-0.1, -0.05) is 18.2 Å². The maximum atomic E-state index is 12.9. The van der Waals surface area contributed by atoms with Crippen molar-refractivity contribution in [1.82, 2.24) is 15.6 Å². The summed E-state index contributed by atoms with van der Waals surface area (Å²) in [7, 11) is 0. The lowest BCUT2D eigenvalue weighted by Gasteiger charge is -2.15. The molecular weight excluding hydrogens is 441 g/mol. The summed E-state index contributed by atoms with van der Waals surface area (Å²) in [6.45, 7) is 2.14. The summed E-state index contributed by atoms with van der Waals surface area (Å²) in [6, 6.07) is 14.9. The number of nitro benzene ring substituents is 1. The first-order chi connectivity index (χ1) is 16.3. The summed E-state index contributed by atoms with van der Waals surface area (Å²) in [4.78, 5) is 39.6. The number of hydrogen-bond acceptors (Lipinski definition) is 6. The minimum Gasteiger partial charge on any atom is -0.371 e. The molecule has 1 aromatic heterocycles. The van der Waals surface area contributed by atoms with Crippen molar-refractivity contribution in [2.75, 3.05) is 18.4 Å². The van der Waals surface area contributed by atoms with Crippen molar-refractivity contribution in [2.45, 2.75) is 19.4 Å². The number of benzene rings is 2. The molecule has 0 spiro atoms. The number of carbonyl (C=O) groups excluding carboxylic acids is 2. The van der Waals surface area contributed by atoms with E-state index in [4.69, 9.17) is 0 Å². The van der Waals surface area contributed by atoms with E-state index in [-0.39, 0.29) is 54.2 Å². The SMILES string of the molecule is CC(Nc1ccc(C(=O)NCCNC(=O)Cc2ccc(F)cc2)cc1[N+](=O)[O-])c1ccccn1. The lowest BCUT2D eigenvalue weighted by atomic mass is 10.1. The van der Waals surface area contributed by atoms with Crippen LogP contribution >= 0.6 is 0 Å². The average Bonchev–Trinajstić information content (AvgIpc) is 2.83. The van der Waals surface area contributed by atoms with Crippen LogP contribution in [0.15, 0.2) is 66.9 Å². The van der Waals surface area contributed by atoms with Crippen molar-refractivity contribution in [3.8, 4) is 0 Å². The lowest BCUT2D eigenvalue weighted by Crippen LogP contribution is -2.35. The maximum absolute atomic E-state index is 12.9. The fourth-order valence-corrected chi connectivity index (χ4v) is 3.22. The second-order valence-corrected chi connectivity index (χ2v) is 7.52. The van der Waals surface area contributed by atoms with Crippen LogP contribution in [-0.4, -0.2) is 34.8 Å². The van der Waals surface area contributed by atoms with E-state index >= 15 is 0 Å². The van der Waals surface area contributed by atoms with Crippen LogP contribution < -0.4 is 16.0 Å². The molecule has 3 N–H and O–H groups in total. The first kappa shape index (κ1) is 24.3. The molecule has 0 radical (unpaired) electrons. The van der Waals surface area contributed by atoms with Crippen LogP contribution in [0, 0.1) is 15.9 Å². The molecule has 0 aliphatic carbocycles. The number of rotatable bonds is 10. The van der Waals surface area contributed by atoms with Crippen LogP contribution in [0.3, 0.4) is 0 Å². The van der Waals surface area contributed by atoms with Gasteiger partial charge in [0.05, 0.1) is 23.1 Å². The molecule has 2 aromatic carbocycles. The number of hydrogen-bond donors (Lipinski definition) is 3. The van der Waals surface area contributed by atoms with Crippen molar-refractivity contribution in [3.63, 3.8) is 0 Å². The highest BCUT2D eigenvalue weighted by Gasteiger charge is 2.19. The second kappa shape index (κ2) is 11.5. The van der Waals surface area contributed by atoms with Gasteiger partial charge in [0.2, 0.25) is 5.91 Å². The number of nitro groups is 1. The monoisotopic (exact) mass is 465 g/mol. The Hall–Kier alpha value is -4.34. The van der Waals surface area contributed by atoms with Crippen LogP contribution in [0.1, 0.15) is 34.6 Å². The Bertz CT molecular complexity index is 1160. The molecule has 1 heterocycles. The molecule has 3 aromatic rings. The van der Waals surface area contributed by atoms with E-state index in [0.717, 1.165) is 5.69 Å².